The van der Waals surface area contributed by atoms with E-state index in [1.165, 1.54) is 0 Å². The van der Waals surface area contributed by atoms with Gasteiger partial charge in [0.25, 0.3) is 0 Å². The van der Waals surface area contributed by atoms with Gasteiger partial charge < -0.3 is 10.6 Å². The molecule has 2 N–H and O–H groups in total. The molecule has 0 spiro atoms. The summed E-state index contributed by atoms with van der Waals surface area (Å²) < 4.78 is 0. The summed E-state index contributed by atoms with van der Waals surface area (Å²) in [4.78, 5) is 31.0. The van der Waals surface area contributed by atoms with Gasteiger partial charge in [-0.2, -0.15) is 0 Å². The van der Waals surface area contributed by atoms with E-state index in [4.69, 9.17) is 0 Å². The van der Waals surface area contributed by atoms with Crippen LogP contribution in [0.15, 0.2) is 54.7 Å². The van der Waals surface area contributed by atoms with E-state index in [2.05, 4.69) is 15.6 Å². The lowest BCUT2D eigenvalue weighted by Gasteiger charge is -2.59. The lowest BCUT2D eigenvalue weighted by molar-refractivity contribution is -0.151. The minimum atomic E-state index is -0.576. The molecule has 1 heterocycles. The number of carbonyl (C=O) groups excluding carboxylic acids is 2. The molecule has 4 fully saturated rings. The molecule has 1 aromatic carbocycles. The summed E-state index contributed by atoms with van der Waals surface area (Å²) in [6.45, 7) is 4.48. The SMILES string of the molecule is CC(C)(C(=O)NC1C2CC3CC1CC(C(=O)NCc1ccccn1)(C3)C2)c1ccccc1. The highest BCUT2D eigenvalue weighted by Gasteiger charge is 2.58. The Kier molecular flexibility index (Phi) is 5.31. The van der Waals surface area contributed by atoms with Crippen molar-refractivity contribution in [3.8, 4) is 0 Å². The first-order valence-corrected chi connectivity index (χ1v) is 11.9. The highest BCUT2D eigenvalue weighted by atomic mass is 16.2. The van der Waals surface area contributed by atoms with Gasteiger partial charge >= 0.3 is 0 Å². The number of nitrogens with one attached hydrogen (secondary N) is 2. The molecule has 168 valence electrons. The van der Waals surface area contributed by atoms with E-state index in [9.17, 15) is 9.59 Å². The first-order valence-electron chi connectivity index (χ1n) is 11.9. The highest BCUT2D eigenvalue weighted by molar-refractivity contribution is 5.88. The Hall–Kier alpha value is -2.69. The van der Waals surface area contributed by atoms with Gasteiger partial charge in [-0.1, -0.05) is 36.4 Å². The molecule has 4 aliphatic carbocycles. The third-order valence-electron chi connectivity index (χ3n) is 8.27. The van der Waals surface area contributed by atoms with Gasteiger partial charge in [-0.3, -0.25) is 14.6 Å². The Morgan fingerprint density at radius 1 is 1.00 bits per heavy atom. The standard InChI is InChI=1S/C27H33N3O2/c1-26(2,21-8-4-3-5-9-21)24(31)30-23-19-12-18-13-20(23)16-27(14-18,15-19)25(32)29-17-22-10-6-7-11-28-22/h3-11,18-20,23H,12-17H2,1-2H3,(H,29,32)(H,30,31). The van der Waals surface area contributed by atoms with Gasteiger partial charge in [-0.25, -0.2) is 0 Å². The predicted octanol–water partition coefficient (Wildman–Crippen LogP) is 3.99. The summed E-state index contributed by atoms with van der Waals surface area (Å²) in [6, 6.07) is 16.0. The third kappa shape index (κ3) is 3.72. The minimum Gasteiger partial charge on any atom is -0.352 e. The van der Waals surface area contributed by atoms with Gasteiger partial charge in [0.1, 0.15) is 0 Å². The van der Waals surface area contributed by atoms with Gasteiger partial charge in [0.15, 0.2) is 0 Å². The van der Waals surface area contributed by atoms with Crippen molar-refractivity contribution in [3.05, 3.63) is 66.0 Å². The maximum Gasteiger partial charge on any atom is 0.230 e. The molecule has 4 saturated carbocycles. The van der Waals surface area contributed by atoms with Crippen molar-refractivity contribution in [1.29, 1.82) is 0 Å². The van der Waals surface area contributed by atoms with Crippen LogP contribution in [-0.4, -0.2) is 22.8 Å². The van der Waals surface area contributed by atoms with Gasteiger partial charge in [0.2, 0.25) is 11.8 Å². The second-order valence-electron chi connectivity index (χ2n) is 10.7. The maximum absolute atomic E-state index is 13.3. The molecule has 2 atom stereocenters. The maximum atomic E-state index is 13.3. The van der Waals surface area contributed by atoms with Crippen LogP contribution in [0.4, 0.5) is 0 Å². The zero-order valence-electron chi connectivity index (χ0n) is 19.0. The highest BCUT2D eigenvalue weighted by Crippen LogP contribution is 2.60. The summed E-state index contributed by atoms with van der Waals surface area (Å²) in [5.74, 6) is 1.64. The average molecular weight is 432 g/mol. The van der Waals surface area contributed by atoms with Crippen LogP contribution in [0.2, 0.25) is 0 Å². The van der Waals surface area contributed by atoms with E-state index >= 15 is 0 Å². The second kappa shape index (κ2) is 8.02. The fourth-order valence-corrected chi connectivity index (χ4v) is 6.72. The van der Waals surface area contributed by atoms with Gasteiger partial charge in [0, 0.05) is 12.2 Å². The van der Waals surface area contributed by atoms with Crippen LogP contribution in [0, 0.1) is 23.2 Å². The van der Waals surface area contributed by atoms with Crippen molar-refractivity contribution in [2.75, 3.05) is 0 Å². The zero-order valence-corrected chi connectivity index (χ0v) is 19.0. The number of amides is 2. The summed E-state index contributed by atoms with van der Waals surface area (Å²) in [5, 5.41) is 6.60. The van der Waals surface area contributed by atoms with E-state index < -0.39 is 5.41 Å². The van der Waals surface area contributed by atoms with Gasteiger partial charge in [0.05, 0.1) is 23.1 Å². The summed E-state index contributed by atoms with van der Waals surface area (Å²) in [5.41, 5.74) is 1.07. The van der Waals surface area contributed by atoms with Crippen molar-refractivity contribution >= 4 is 11.8 Å². The van der Waals surface area contributed by atoms with Gasteiger partial charge in [-0.15, -0.1) is 0 Å². The number of carbonyl (C=O) groups is 2. The first kappa shape index (κ1) is 21.2. The normalized spacial score (nSPS) is 30.7. The third-order valence-corrected chi connectivity index (χ3v) is 8.27. The van der Waals surface area contributed by atoms with Crippen LogP contribution in [0.25, 0.3) is 0 Å². The zero-order chi connectivity index (χ0) is 22.3. The van der Waals surface area contributed by atoms with Crippen LogP contribution >= 0.6 is 0 Å². The number of aromatic nitrogens is 1. The number of hydrogen-bond donors (Lipinski definition) is 2. The monoisotopic (exact) mass is 431 g/mol. The molecule has 5 nitrogen and oxygen atoms in total. The topological polar surface area (TPSA) is 71.1 Å². The van der Waals surface area contributed by atoms with E-state index in [1.807, 2.05) is 62.4 Å². The minimum absolute atomic E-state index is 0.0924. The van der Waals surface area contributed by atoms with E-state index in [0.29, 0.717) is 24.3 Å². The molecule has 0 aliphatic heterocycles. The molecule has 5 heteroatoms. The van der Waals surface area contributed by atoms with E-state index in [-0.39, 0.29) is 23.3 Å². The fraction of sp³-hybridized carbons (Fsp3) is 0.519. The van der Waals surface area contributed by atoms with Crippen molar-refractivity contribution in [2.24, 2.45) is 23.2 Å². The van der Waals surface area contributed by atoms with Crippen LogP contribution < -0.4 is 10.6 Å². The number of rotatable bonds is 6. The largest absolute Gasteiger partial charge is 0.352 e. The number of hydrogen-bond acceptors (Lipinski definition) is 3. The summed E-state index contributed by atoms with van der Waals surface area (Å²) in [6.07, 6.45) is 6.77. The Labute approximate surface area is 190 Å². The van der Waals surface area contributed by atoms with Crippen molar-refractivity contribution in [1.82, 2.24) is 15.6 Å². The molecule has 0 radical (unpaired) electrons. The molecule has 4 aliphatic rings. The second-order valence-corrected chi connectivity index (χ2v) is 10.7. The number of benzene rings is 1. The summed E-state index contributed by atoms with van der Waals surface area (Å²) in [7, 11) is 0. The van der Waals surface area contributed by atoms with Crippen LogP contribution in [-0.2, 0) is 21.5 Å². The van der Waals surface area contributed by atoms with Crippen LogP contribution in [0.3, 0.4) is 0 Å². The average Bonchev–Trinajstić information content (AvgIpc) is 2.80. The number of pyridine rings is 1. The molecule has 1 aromatic heterocycles. The smallest absolute Gasteiger partial charge is 0.230 e. The van der Waals surface area contributed by atoms with Gasteiger partial charge in [-0.05, 0) is 81.4 Å². The molecule has 4 bridgehead atoms. The van der Waals surface area contributed by atoms with Crippen molar-refractivity contribution < 1.29 is 9.59 Å². The van der Waals surface area contributed by atoms with E-state index in [1.54, 1.807) is 6.20 Å². The Balaban J connectivity index is 1.27. The first-order chi connectivity index (χ1) is 15.4. The van der Waals surface area contributed by atoms with Crippen molar-refractivity contribution in [2.45, 2.75) is 64.0 Å². The van der Waals surface area contributed by atoms with Crippen LogP contribution in [0.5, 0.6) is 0 Å². The molecule has 2 amide bonds. The lowest BCUT2D eigenvalue weighted by atomic mass is 9.47. The predicted molar refractivity (Wildman–Crippen MR) is 123 cm³/mol. The molecule has 6 rings (SSSR count). The molecule has 2 aromatic rings. The lowest BCUT2D eigenvalue weighted by Crippen LogP contribution is -2.63. The molecular formula is C27H33N3O2. The molecule has 0 saturated heterocycles. The molecular weight excluding hydrogens is 398 g/mol. The van der Waals surface area contributed by atoms with E-state index in [0.717, 1.165) is 43.4 Å². The molecule has 2 unspecified atom stereocenters. The Morgan fingerprint density at radius 3 is 2.34 bits per heavy atom. The van der Waals surface area contributed by atoms with Crippen LogP contribution in [0.1, 0.15) is 57.2 Å². The Bertz CT molecular complexity index is 972. The quantitative estimate of drug-likeness (QED) is 0.727. The fourth-order valence-electron chi connectivity index (χ4n) is 6.72. The summed E-state index contributed by atoms with van der Waals surface area (Å²) >= 11 is 0. The molecule has 32 heavy (non-hydrogen) atoms. The van der Waals surface area contributed by atoms with Crippen molar-refractivity contribution in [3.63, 3.8) is 0 Å². The number of nitrogens with zero attached hydrogens (tertiary/aromatic N) is 1. The Morgan fingerprint density at radius 2 is 1.69 bits per heavy atom.